The van der Waals surface area contributed by atoms with Gasteiger partial charge in [-0.15, -0.1) is 0 Å². The highest BCUT2D eigenvalue weighted by molar-refractivity contribution is 6.10. The largest absolute Gasteiger partial charge is 0.444 e. The number of carbonyl (C=O) groups excluding carboxylic acids is 2. The van der Waals surface area contributed by atoms with E-state index < -0.39 is 23.2 Å². The van der Waals surface area contributed by atoms with E-state index >= 15 is 0 Å². The first-order valence-electron chi connectivity index (χ1n) is 16.8. The number of aryl methyl sites for hydroxylation is 2. The van der Waals surface area contributed by atoms with Gasteiger partial charge in [0.05, 0.1) is 28.5 Å². The number of aromatic nitrogens is 4. The minimum absolute atomic E-state index is 0.103. The zero-order valence-electron chi connectivity index (χ0n) is 28.9. The van der Waals surface area contributed by atoms with Gasteiger partial charge in [-0.25, -0.2) is 18.7 Å². The Labute approximate surface area is 279 Å². The van der Waals surface area contributed by atoms with E-state index in [9.17, 15) is 18.8 Å². The molecule has 4 aromatic rings. The lowest BCUT2D eigenvalue weighted by Gasteiger charge is -2.41. The highest BCUT2D eigenvalue weighted by Gasteiger charge is 2.58. The van der Waals surface area contributed by atoms with E-state index in [2.05, 4.69) is 6.92 Å². The van der Waals surface area contributed by atoms with Gasteiger partial charge in [0.1, 0.15) is 17.2 Å². The van der Waals surface area contributed by atoms with Gasteiger partial charge in [0.15, 0.2) is 0 Å². The van der Waals surface area contributed by atoms with Gasteiger partial charge < -0.3 is 9.64 Å². The third-order valence-electron chi connectivity index (χ3n) is 10.0. The maximum atomic E-state index is 14.9. The van der Waals surface area contributed by atoms with Crippen LogP contribution in [0.3, 0.4) is 0 Å². The van der Waals surface area contributed by atoms with Crippen molar-refractivity contribution in [1.29, 1.82) is 0 Å². The number of anilines is 1. The molecule has 10 nitrogen and oxygen atoms in total. The van der Waals surface area contributed by atoms with Crippen LogP contribution in [0.1, 0.15) is 94.3 Å². The molecule has 2 aliphatic heterocycles. The Bertz CT molecular complexity index is 2020. The molecule has 2 amide bonds. The first-order chi connectivity index (χ1) is 22.7. The highest BCUT2D eigenvalue weighted by atomic mass is 19.1. The fraction of sp³-hybridized carbons (Fsp3) is 0.459. The van der Waals surface area contributed by atoms with E-state index in [0.717, 1.165) is 41.8 Å². The van der Waals surface area contributed by atoms with Crippen molar-refractivity contribution in [2.24, 2.45) is 0 Å². The van der Waals surface area contributed by atoms with Crippen LogP contribution in [0.5, 0.6) is 0 Å². The molecule has 1 spiro atoms. The Morgan fingerprint density at radius 1 is 1.04 bits per heavy atom. The summed E-state index contributed by atoms with van der Waals surface area (Å²) in [5.74, 6) is 0.321. The number of amides is 2. The molecule has 2 aromatic heterocycles. The van der Waals surface area contributed by atoms with E-state index in [1.807, 2.05) is 45.9 Å². The molecule has 1 saturated carbocycles. The van der Waals surface area contributed by atoms with Crippen LogP contribution < -0.4 is 10.6 Å². The summed E-state index contributed by atoms with van der Waals surface area (Å²) in [7, 11) is 1.80. The number of halogens is 1. The van der Waals surface area contributed by atoms with Crippen LogP contribution in [0.2, 0.25) is 0 Å². The maximum Gasteiger partial charge on any atom is 0.411 e. The molecule has 0 bridgehead atoms. The van der Waals surface area contributed by atoms with Crippen LogP contribution in [0.15, 0.2) is 47.5 Å². The van der Waals surface area contributed by atoms with Crippen molar-refractivity contribution in [1.82, 2.24) is 23.8 Å². The van der Waals surface area contributed by atoms with Gasteiger partial charge in [0.25, 0.3) is 0 Å². The molecule has 0 saturated heterocycles. The fourth-order valence-corrected chi connectivity index (χ4v) is 7.66. The Hall–Kier alpha value is -4.67. The standard InChI is InChI=1S/C37H43FN6O4/c1-9-10-29-30-27(19-23(4)43(29)35(47)48-36(5,6)7)39-44(25-17-21(2)31(38)22(3)18-25)32(30)42-16-15-41(34(42)46)24-11-12-28-26(20-24)37(13-14-37)33(45)40(28)8/h11-12,15-18,20,23,29H,9-10,13-14,19H2,1-8H3/t23-,29+/m1/s1. The smallest absolute Gasteiger partial charge is 0.411 e. The molecular formula is C37H43FN6O4. The van der Waals surface area contributed by atoms with Gasteiger partial charge >= 0.3 is 11.8 Å². The molecule has 252 valence electrons. The molecule has 0 unspecified atom stereocenters. The van der Waals surface area contributed by atoms with Crippen molar-refractivity contribution in [3.05, 3.63) is 87.0 Å². The number of ether oxygens (including phenoxy) is 1. The minimum atomic E-state index is -0.688. The summed E-state index contributed by atoms with van der Waals surface area (Å²) in [6.07, 6.45) is 6.48. The molecule has 3 aliphatic rings. The van der Waals surface area contributed by atoms with E-state index in [1.54, 1.807) is 69.0 Å². The molecule has 0 N–H and O–H groups in total. The number of benzene rings is 2. The molecule has 1 aliphatic carbocycles. The Kier molecular flexibility index (Phi) is 7.27. The van der Waals surface area contributed by atoms with Crippen molar-refractivity contribution in [3.8, 4) is 17.2 Å². The predicted molar refractivity (Wildman–Crippen MR) is 181 cm³/mol. The van der Waals surface area contributed by atoms with E-state index in [-0.39, 0.29) is 23.5 Å². The predicted octanol–water partition coefficient (Wildman–Crippen LogP) is 6.60. The van der Waals surface area contributed by atoms with Crippen molar-refractivity contribution in [3.63, 3.8) is 0 Å². The average Bonchev–Trinajstić information content (AvgIpc) is 3.56. The Morgan fingerprint density at radius 2 is 1.71 bits per heavy atom. The first kappa shape index (κ1) is 31.9. The monoisotopic (exact) mass is 654 g/mol. The maximum absolute atomic E-state index is 14.9. The summed E-state index contributed by atoms with van der Waals surface area (Å²) in [6.45, 7) is 13.0. The van der Waals surface area contributed by atoms with Gasteiger partial charge in [-0.05, 0) is 108 Å². The molecular weight excluding hydrogens is 611 g/mol. The SMILES string of the molecule is CCC[C@H]1c2c(nn(-c3cc(C)c(F)c(C)c3)c2-n2ccn(-c3ccc4c(c3)C3(CC3)C(=O)N4C)c2=O)C[C@@H](C)N1C(=O)OC(C)(C)C. The summed E-state index contributed by atoms with van der Waals surface area (Å²) in [5, 5.41) is 5.08. The fourth-order valence-electron chi connectivity index (χ4n) is 7.66. The number of hydrogen-bond donors (Lipinski definition) is 0. The van der Waals surface area contributed by atoms with Crippen LogP contribution in [0.25, 0.3) is 17.2 Å². The van der Waals surface area contributed by atoms with Crippen LogP contribution in [0, 0.1) is 19.7 Å². The summed E-state index contributed by atoms with van der Waals surface area (Å²) < 4.78 is 25.6. The number of likely N-dealkylation sites (N-methyl/N-ethyl adjacent to an activating group) is 1. The lowest BCUT2D eigenvalue weighted by molar-refractivity contribution is -0.119. The zero-order chi connectivity index (χ0) is 34.4. The number of imidazole rings is 1. The van der Waals surface area contributed by atoms with Gasteiger partial charge in [0, 0.05) is 43.2 Å². The van der Waals surface area contributed by atoms with Gasteiger partial charge in [-0.3, -0.25) is 18.8 Å². The quantitative estimate of drug-likeness (QED) is 0.242. The van der Waals surface area contributed by atoms with E-state index in [0.29, 0.717) is 41.2 Å². The van der Waals surface area contributed by atoms with Crippen LogP contribution in [-0.2, 0) is 21.4 Å². The van der Waals surface area contributed by atoms with Gasteiger partial charge in [-0.2, -0.15) is 5.10 Å². The summed E-state index contributed by atoms with van der Waals surface area (Å²) >= 11 is 0. The number of fused-ring (bicyclic) bond motifs is 3. The van der Waals surface area contributed by atoms with Gasteiger partial charge in [0.2, 0.25) is 5.91 Å². The summed E-state index contributed by atoms with van der Waals surface area (Å²) in [4.78, 5) is 44.8. The van der Waals surface area contributed by atoms with Crippen molar-refractivity contribution in [2.45, 2.75) is 104 Å². The minimum Gasteiger partial charge on any atom is -0.444 e. The average molecular weight is 655 g/mol. The third-order valence-corrected chi connectivity index (χ3v) is 10.0. The van der Waals surface area contributed by atoms with Crippen molar-refractivity contribution >= 4 is 17.7 Å². The number of hydrogen-bond acceptors (Lipinski definition) is 5. The van der Waals surface area contributed by atoms with Gasteiger partial charge in [-0.1, -0.05) is 13.3 Å². The Morgan fingerprint density at radius 3 is 2.33 bits per heavy atom. The first-order valence-corrected chi connectivity index (χ1v) is 16.8. The van der Waals surface area contributed by atoms with Crippen molar-refractivity contribution < 1.29 is 18.7 Å². The third kappa shape index (κ3) is 4.80. The molecule has 0 radical (unpaired) electrons. The summed E-state index contributed by atoms with van der Waals surface area (Å²) in [5.41, 5.74) is 4.11. The number of rotatable bonds is 5. The Balaban J connectivity index is 1.43. The van der Waals surface area contributed by atoms with E-state index in [1.165, 1.54) is 0 Å². The summed E-state index contributed by atoms with van der Waals surface area (Å²) in [6, 6.07) is 8.58. The van der Waals surface area contributed by atoms with E-state index in [4.69, 9.17) is 9.84 Å². The number of carbonyl (C=O) groups is 2. The second kappa shape index (κ2) is 10.9. The number of nitrogens with zero attached hydrogens (tertiary/aromatic N) is 6. The lowest BCUT2D eigenvalue weighted by atomic mass is 9.91. The lowest BCUT2D eigenvalue weighted by Crippen LogP contribution is -2.48. The molecule has 48 heavy (non-hydrogen) atoms. The molecule has 2 atom stereocenters. The molecule has 7 rings (SSSR count). The van der Waals surface area contributed by atoms with Crippen molar-refractivity contribution in [2.75, 3.05) is 11.9 Å². The normalized spacial score (nSPS) is 19.6. The van der Waals surface area contributed by atoms with Crippen LogP contribution in [0.4, 0.5) is 14.9 Å². The second-order valence-electron chi connectivity index (χ2n) is 14.7. The topological polar surface area (TPSA) is 94.6 Å². The molecule has 2 aromatic carbocycles. The second-order valence-corrected chi connectivity index (χ2v) is 14.7. The highest BCUT2D eigenvalue weighted by Crippen LogP contribution is 2.57. The molecule has 4 heterocycles. The van der Waals surface area contributed by atoms with Crippen LogP contribution in [-0.4, -0.2) is 54.5 Å². The van der Waals surface area contributed by atoms with Crippen LogP contribution >= 0.6 is 0 Å². The zero-order valence-corrected chi connectivity index (χ0v) is 28.9. The molecule has 1 fully saturated rings. The molecule has 11 heteroatoms.